The average Bonchev–Trinajstić information content (AvgIpc) is 3.10. The molecule has 0 saturated heterocycles. The highest BCUT2D eigenvalue weighted by atomic mass is 16.5. The van der Waals surface area contributed by atoms with Crippen LogP contribution in [0.2, 0.25) is 0 Å². The van der Waals surface area contributed by atoms with Crippen molar-refractivity contribution in [2.75, 3.05) is 13.2 Å². The van der Waals surface area contributed by atoms with Crippen molar-refractivity contribution >= 4 is 5.97 Å². The minimum Gasteiger partial charge on any atom is -0.478 e. The van der Waals surface area contributed by atoms with Crippen LogP contribution in [0.5, 0.6) is 0 Å². The van der Waals surface area contributed by atoms with Gasteiger partial charge in [-0.2, -0.15) is 0 Å². The third-order valence-electron chi connectivity index (χ3n) is 2.76. The van der Waals surface area contributed by atoms with E-state index in [0.29, 0.717) is 19.1 Å². The molecule has 0 unspecified atom stereocenters. The summed E-state index contributed by atoms with van der Waals surface area (Å²) < 4.78 is 6.78. The second kappa shape index (κ2) is 5.14. The van der Waals surface area contributed by atoms with Gasteiger partial charge in [0.15, 0.2) is 0 Å². The molecule has 2 rings (SSSR count). The lowest BCUT2D eigenvalue weighted by molar-refractivity contribution is 0.0695. The van der Waals surface area contributed by atoms with Crippen LogP contribution in [0, 0.1) is 5.92 Å². The highest BCUT2D eigenvalue weighted by Gasteiger charge is 2.20. The van der Waals surface area contributed by atoms with Gasteiger partial charge in [-0.25, -0.2) is 4.79 Å². The van der Waals surface area contributed by atoms with Crippen LogP contribution in [-0.4, -0.2) is 28.9 Å². The van der Waals surface area contributed by atoms with Crippen LogP contribution >= 0.6 is 0 Å². The standard InChI is InChI=1S/C12H15NO4/c14-11-4-3-10(12(15)16)7-13(11)5-6-17-8-9-1-2-9/h3-4,7,9H,1-2,5-6,8H2,(H,15,16). The molecule has 1 N–H and O–H groups in total. The van der Waals surface area contributed by atoms with Crippen LogP contribution in [0.1, 0.15) is 23.2 Å². The van der Waals surface area contributed by atoms with Crippen LogP contribution in [0.3, 0.4) is 0 Å². The molecule has 0 spiro atoms. The number of nitrogens with zero attached hydrogens (tertiary/aromatic N) is 1. The first-order chi connectivity index (χ1) is 8.16. The summed E-state index contributed by atoms with van der Waals surface area (Å²) in [7, 11) is 0. The number of carboxylic acids is 1. The molecule has 5 heteroatoms. The van der Waals surface area contributed by atoms with Crippen LogP contribution in [0.25, 0.3) is 0 Å². The van der Waals surface area contributed by atoms with Crippen molar-refractivity contribution in [3.8, 4) is 0 Å². The Morgan fingerprint density at radius 2 is 2.24 bits per heavy atom. The number of aromatic carboxylic acids is 1. The highest BCUT2D eigenvalue weighted by Crippen LogP contribution is 2.28. The van der Waals surface area contributed by atoms with Gasteiger partial charge in [0.25, 0.3) is 5.56 Å². The molecule has 1 aromatic rings. The van der Waals surface area contributed by atoms with E-state index in [4.69, 9.17) is 9.84 Å². The number of carboxylic acid groups (broad SMARTS) is 1. The van der Waals surface area contributed by atoms with Gasteiger partial charge < -0.3 is 14.4 Å². The average molecular weight is 237 g/mol. The summed E-state index contributed by atoms with van der Waals surface area (Å²) in [5.41, 5.74) is -0.0863. The Morgan fingerprint density at radius 1 is 1.47 bits per heavy atom. The minimum atomic E-state index is -1.03. The van der Waals surface area contributed by atoms with E-state index in [1.165, 1.54) is 35.7 Å². The van der Waals surface area contributed by atoms with Gasteiger partial charge in [0.1, 0.15) is 0 Å². The molecular weight excluding hydrogens is 222 g/mol. The molecule has 1 aliphatic carbocycles. The van der Waals surface area contributed by atoms with Gasteiger partial charge in [-0.05, 0) is 24.8 Å². The van der Waals surface area contributed by atoms with Crippen LogP contribution < -0.4 is 5.56 Å². The van der Waals surface area contributed by atoms with Gasteiger partial charge in [0, 0.05) is 25.4 Å². The normalized spacial score (nSPS) is 14.8. The lowest BCUT2D eigenvalue weighted by Gasteiger charge is -2.07. The van der Waals surface area contributed by atoms with Gasteiger partial charge in [-0.1, -0.05) is 0 Å². The van der Waals surface area contributed by atoms with Crippen LogP contribution in [0.15, 0.2) is 23.1 Å². The maximum Gasteiger partial charge on any atom is 0.337 e. The third kappa shape index (κ3) is 3.42. The predicted octanol–water partition coefficient (Wildman–Crippen LogP) is 0.973. The lowest BCUT2D eigenvalue weighted by Crippen LogP contribution is -2.22. The van der Waals surface area contributed by atoms with E-state index in [-0.39, 0.29) is 11.1 Å². The number of hydrogen-bond donors (Lipinski definition) is 1. The van der Waals surface area contributed by atoms with Gasteiger partial charge in [-0.15, -0.1) is 0 Å². The molecule has 0 aromatic carbocycles. The third-order valence-corrected chi connectivity index (χ3v) is 2.76. The van der Waals surface area contributed by atoms with Crippen molar-refractivity contribution in [2.24, 2.45) is 5.92 Å². The fourth-order valence-corrected chi connectivity index (χ4v) is 1.53. The molecule has 0 bridgehead atoms. The molecule has 1 saturated carbocycles. The molecule has 1 heterocycles. The molecule has 0 aliphatic heterocycles. The van der Waals surface area contributed by atoms with Crippen molar-refractivity contribution in [3.63, 3.8) is 0 Å². The predicted molar refractivity (Wildman–Crippen MR) is 61.2 cm³/mol. The van der Waals surface area contributed by atoms with Crippen LogP contribution in [0.4, 0.5) is 0 Å². The van der Waals surface area contributed by atoms with E-state index < -0.39 is 5.97 Å². The quantitative estimate of drug-likeness (QED) is 0.749. The van der Waals surface area contributed by atoms with Crippen molar-refractivity contribution in [3.05, 3.63) is 34.2 Å². The fourth-order valence-electron chi connectivity index (χ4n) is 1.53. The van der Waals surface area contributed by atoms with E-state index in [0.717, 1.165) is 6.61 Å². The van der Waals surface area contributed by atoms with E-state index >= 15 is 0 Å². The van der Waals surface area contributed by atoms with Gasteiger partial charge >= 0.3 is 5.97 Å². The summed E-state index contributed by atoms with van der Waals surface area (Å²) >= 11 is 0. The molecular formula is C12H15NO4. The van der Waals surface area contributed by atoms with Crippen molar-refractivity contribution in [1.29, 1.82) is 0 Å². The monoisotopic (exact) mass is 237 g/mol. The first-order valence-corrected chi connectivity index (χ1v) is 5.68. The second-order valence-corrected chi connectivity index (χ2v) is 4.27. The Labute approximate surface area is 98.6 Å². The van der Waals surface area contributed by atoms with Gasteiger partial charge in [-0.3, -0.25) is 4.79 Å². The summed E-state index contributed by atoms with van der Waals surface area (Å²) in [5.74, 6) is -0.338. The SMILES string of the molecule is O=C(O)c1ccc(=O)n(CCOCC2CC2)c1. The minimum absolute atomic E-state index is 0.117. The Morgan fingerprint density at radius 3 is 2.88 bits per heavy atom. The van der Waals surface area contributed by atoms with E-state index in [9.17, 15) is 9.59 Å². The molecule has 1 aromatic heterocycles. The van der Waals surface area contributed by atoms with Gasteiger partial charge in [0.05, 0.1) is 12.2 Å². The number of rotatable bonds is 6. The largest absolute Gasteiger partial charge is 0.478 e. The molecule has 17 heavy (non-hydrogen) atoms. The number of aromatic nitrogens is 1. The number of hydrogen-bond acceptors (Lipinski definition) is 3. The highest BCUT2D eigenvalue weighted by molar-refractivity contribution is 5.87. The molecule has 5 nitrogen and oxygen atoms in total. The Balaban J connectivity index is 1.91. The Hall–Kier alpha value is -1.62. The fraction of sp³-hybridized carbons (Fsp3) is 0.500. The molecule has 1 aliphatic rings. The summed E-state index contributed by atoms with van der Waals surface area (Å²) in [4.78, 5) is 22.2. The molecule has 0 atom stereocenters. The maximum atomic E-state index is 11.4. The van der Waals surface area contributed by atoms with Gasteiger partial charge in [0.2, 0.25) is 0 Å². The van der Waals surface area contributed by atoms with Crippen molar-refractivity contribution in [2.45, 2.75) is 19.4 Å². The Kier molecular flexibility index (Phi) is 3.58. The number of pyridine rings is 1. The van der Waals surface area contributed by atoms with E-state index in [1.54, 1.807) is 0 Å². The first-order valence-electron chi connectivity index (χ1n) is 5.68. The first kappa shape index (κ1) is 11.9. The zero-order valence-corrected chi connectivity index (χ0v) is 9.46. The summed E-state index contributed by atoms with van der Waals surface area (Å²) in [6.07, 6.45) is 3.81. The topological polar surface area (TPSA) is 68.5 Å². The smallest absolute Gasteiger partial charge is 0.337 e. The summed E-state index contributed by atoms with van der Waals surface area (Å²) in [6.45, 7) is 1.58. The van der Waals surface area contributed by atoms with E-state index in [2.05, 4.69) is 0 Å². The molecule has 1 fully saturated rings. The maximum absolute atomic E-state index is 11.4. The summed E-state index contributed by atoms with van der Waals surface area (Å²) in [6, 6.07) is 2.58. The zero-order chi connectivity index (χ0) is 12.3. The lowest BCUT2D eigenvalue weighted by atomic mass is 10.3. The van der Waals surface area contributed by atoms with Crippen molar-refractivity contribution in [1.82, 2.24) is 4.57 Å². The number of ether oxygens (including phenoxy) is 1. The molecule has 0 radical (unpaired) electrons. The van der Waals surface area contributed by atoms with E-state index in [1.807, 2.05) is 0 Å². The molecule has 92 valence electrons. The number of carbonyl (C=O) groups is 1. The molecule has 0 amide bonds. The van der Waals surface area contributed by atoms with Crippen molar-refractivity contribution < 1.29 is 14.6 Å². The summed E-state index contributed by atoms with van der Waals surface area (Å²) in [5, 5.41) is 8.81. The van der Waals surface area contributed by atoms with Crippen LogP contribution in [-0.2, 0) is 11.3 Å². The zero-order valence-electron chi connectivity index (χ0n) is 9.46. The Bertz CT molecular complexity index is 462. The second-order valence-electron chi connectivity index (χ2n) is 4.27.